The van der Waals surface area contributed by atoms with E-state index in [1.54, 1.807) is 54.6 Å². The van der Waals surface area contributed by atoms with E-state index in [2.05, 4.69) is 38.1 Å². The smallest absolute Gasteiger partial charge is 0.219 e. The fourth-order valence-corrected chi connectivity index (χ4v) is 5.51. The Labute approximate surface area is 213 Å². The second kappa shape index (κ2) is 12.7. The number of benzene rings is 4. The van der Waals surface area contributed by atoms with Crippen LogP contribution in [0.3, 0.4) is 0 Å². The number of hydrogen-bond acceptors (Lipinski definition) is 4. The first-order valence-corrected chi connectivity index (χ1v) is 14.6. The molecule has 7 heteroatoms. The van der Waals surface area contributed by atoms with Gasteiger partial charge >= 0.3 is 0 Å². The van der Waals surface area contributed by atoms with Crippen molar-refractivity contribution in [2.45, 2.75) is 42.4 Å². The molecule has 0 atom stereocenters. The van der Waals surface area contributed by atoms with Crippen LogP contribution in [0.2, 0.25) is 0 Å². The predicted molar refractivity (Wildman–Crippen MR) is 143 cm³/mol. The van der Waals surface area contributed by atoms with E-state index in [1.165, 1.54) is 23.3 Å². The predicted octanol–water partition coefficient (Wildman–Crippen LogP) is 7.05. The van der Waals surface area contributed by atoms with Crippen LogP contribution in [0.4, 0.5) is 0 Å². The lowest BCUT2D eigenvalue weighted by Crippen LogP contribution is -2.04. The van der Waals surface area contributed by atoms with E-state index < -0.39 is 18.9 Å². The lowest BCUT2D eigenvalue weighted by atomic mass is 10.2. The summed E-state index contributed by atoms with van der Waals surface area (Å²) in [6, 6.07) is 30.2. The van der Waals surface area contributed by atoms with Gasteiger partial charge in [0.2, 0.25) is 9.84 Å². The molecule has 4 nitrogen and oxygen atoms in total. The lowest BCUT2D eigenvalue weighted by Gasteiger charge is -2.08. The third-order valence-electron chi connectivity index (χ3n) is 4.87. The molecule has 0 bridgehead atoms. The summed E-state index contributed by atoms with van der Waals surface area (Å²) in [6.07, 6.45) is 0. The molecule has 4 aromatic carbocycles. The van der Waals surface area contributed by atoms with Crippen LogP contribution in [0.1, 0.15) is 22.3 Å². The average Bonchev–Trinajstić information content (AvgIpc) is 2.80. The first-order valence-electron chi connectivity index (χ1n) is 10.8. The molecule has 184 valence electrons. The summed E-state index contributed by atoms with van der Waals surface area (Å²) in [5, 5.41) is 0. The maximum atomic E-state index is 12.4. The first kappa shape index (κ1) is 28.3. The van der Waals surface area contributed by atoms with Crippen molar-refractivity contribution < 1.29 is 16.8 Å². The molecule has 0 N–H and O–H groups in total. The van der Waals surface area contributed by atoms with Gasteiger partial charge in [0, 0.05) is 10.7 Å². The van der Waals surface area contributed by atoms with Crippen molar-refractivity contribution in [1.29, 1.82) is 0 Å². The van der Waals surface area contributed by atoms with Gasteiger partial charge in [-0.25, -0.2) is 16.8 Å². The van der Waals surface area contributed by atoms with Crippen LogP contribution < -0.4 is 0 Å². The second-order valence-electron chi connectivity index (χ2n) is 7.99. The second-order valence-corrected chi connectivity index (χ2v) is 12.5. The number of rotatable bonds is 3. The van der Waals surface area contributed by atoms with Crippen molar-refractivity contribution in [3.8, 4) is 0 Å². The summed E-state index contributed by atoms with van der Waals surface area (Å²) in [5.41, 5.74) is 4.53. The standard InChI is InChI=1S/C14H14O2S.C8H10.C6H5ClO2S/c1-11-8-9-14(12(2)10-11)17(15,16)13-6-4-3-5-7-13;1-7-4-3-5-8(2)6-7;7-10(8,9)6-4-2-1-3-5-6/h3-10H,1-2H3;3-6H,1-2H3;1-5H. The Morgan fingerprint density at radius 3 is 1.34 bits per heavy atom. The molecule has 0 fully saturated rings. The maximum absolute atomic E-state index is 12.4. The Hall–Kier alpha value is -2.93. The molecule has 0 saturated carbocycles. The Morgan fingerprint density at radius 1 is 0.514 bits per heavy atom. The molecule has 0 saturated heterocycles. The number of hydrogen-bond donors (Lipinski definition) is 0. The zero-order valence-electron chi connectivity index (χ0n) is 20.1. The molecule has 4 rings (SSSR count). The molecule has 0 amide bonds. The lowest BCUT2D eigenvalue weighted by molar-refractivity contribution is 0.595. The third-order valence-corrected chi connectivity index (χ3v) is 8.17. The summed E-state index contributed by atoms with van der Waals surface area (Å²) >= 11 is 0. The topological polar surface area (TPSA) is 68.3 Å². The van der Waals surface area contributed by atoms with Gasteiger partial charge in [-0.15, -0.1) is 0 Å². The molecule has 0 aromatic heterocycles. The van der Waals surface area contributed by atoms with Crippen LogP contribution in [0.25, 0.3) is 0 Å². The van der Waals surface area contributed by atoms with Crippen molar-refractivity contribution in [2.75, 3.05) is 0 Å². The number of sulfone groups is 1. The van der Waals surface area contributed by atoms with E-state index in [1.807, 2.05) is 26.0 Å². The van der Waals surface area contributed by atoms with Gasteiger partial charge in [0.1, 0.15) is 0 Å². The van der Waals surface area contributed by atoms with E-state index in [0.29, 0.717) is 9.79 Å². The quantitative estimate of drug-likeness (QED) is 0.267. The van der Waals surface area contributed by atoms with E-state index in [0.717, 1.165) is 11.1 Å². The van der Waals surface area contributed by atoms with Crippen LogP contribution in [-0.4, -0.2) is 16.8 Å². The Morgan fingerprint density at radius 2 is 0.971 bits per heavy atom. The molecule has 0 aliphatic heterocycles. The van der Waals surface area contributed by atoms with Gasteiger partial charge in [0.15, 0.2) is 0 Å². The van der Waals surface area contributed by atoms with Crippen LogP contribution in [0.15, 0.2) is 118 Å². The molecule has 0 aliphatic carbocycles. The molecule has 0 spiro atoms. The third kappa shape index (κ3) is 8.98. The molecule has 0 unspecified atom stereocenters. The van der Waals surface area contributed by atoms with E-state index in [4.69, 9.17) is 10.7 Å². The van der Waals surface area contributed by atoms with Crippen LogP contribution in [0.5, 0.6) is 0 Å². The molecule has 35 heavy (non-hydrogen) atoms. The van der Waals surface area contributed by atoms with Gasteiger partial charge in [0.05, 0.1) is 14.7 Å². The van der Waals surface area contributed by atoms with Gasteiger partial charge in [-0.05, 0) is 63.6 Å². The highest BCUT2D eigenvalue weighted by molar-refractivity contribution is 8.13. The number of halogens is 1. The zero-order valence-corrected chi connectivity index (χ0v) is 22.5. The zero-order chi connectivity index (χ0) is 26.1. The Bertz CT molecular complexity index is 1430. The van der Waals surface area contributed by atoms with Crippen LogP contribution in [-0.2, 0) is 18.9 Å². The highest BCUT2D eigenvalue weighted by Gasteiger charge is 2.19. The van der Waals surface area contributed by atoms with Crippen molar-refractivity contribution in [3.63, 3.8) is 0 Å². The van der Waals surface area contributed by atoms with Crippen molar-refractivity contribution in [3.05, 3.63) is 125 Å². The van der Waals surface area contributed by atoms with E-state index in [-0.39, 0.29) is 4.90 Å². The van der Waals surface area contributed by atoms with Crippen LogP contribution >= 0.6 is 10.7 Å². The Kier molecular flexibility index (Phi) is 10.3. The highest BCUT2D eigenvalue weighted by atomic mass is 35.7. The van der Waals surface area contributed by atoms with Gasteiger partial charge in [-0.3, -0.25) is 0 Å². The largest absolute Gasteiger partial charge is 0.261 e. The SMILES string of the molecule is Cc1ccc(S(=O)(=O)c2ccccc2)c(C)c1.Cc1cccc(C)c1.O=S(=O)(Cl)c1ccccc1. The minimum atomic E-state index is -3.53. The molecule has 0 heterocycles. The minimum absolute atomic E-state index is 0.136. The van der Waals surface area contributed by atoms with Gasteiger partial charge in [-0.2, -0.15) is 0 Å². The normalized spacial score (nSPS) is 10.9. The molecular weight excluding hydrogens is 500 g/mol. The van der Waals surface area contributed by atoms with Gasteiger partial charge < -0.3 is 0 Å². The van der Waals surface area contributed by atoms with Crippen molar-refractivity contribution in [1.82, 2.24) is 0 Å². The van der Waals surface area contributed by atoms with Crippen LogP contribution in [0, 0.1) is 27.7 Å². The van der Waals surface area contributed by atoms with Crippen molar-refractivity contribution in [2.24, 2.45) is 0 Å². The summed E-state index contributed by atoms with van der Waals surface area (Å²) in [4.78, 5) is 0.859. The Balaban J connectivity index is 0.000000204. The first-order chi connectivity index (χ1) is 16.4. The monoisotopic (exact) mass is 528 g/mol. The molecule has 4 aromatic rings. The summed E-state index contributed by atoms with van der Waals surface area (Å²) < 4.78 is 45.9. The summed E-state index contributed by atoms with van der Waals surface area (Å²) in [5.74, 6) is 0. The molecule has 0 radical (unpaired) electrons. The number of aryl methyl sites for hydroxylation is 4. The fourth-order valence-electron chi connectivity index (χ4n) is 3.22. The average molecular weight is 529 g/mol. The molecule has 0 aliphatic rings. The maximum Gasteiger partial charge on any atom is 0.261 e. The van der Waals surface area contributed by atoms with Gasteiger partial charge in [0.25, 0.3) is 9.05 Å². The fraction of sp³-hybridized carbons (Fsp3) is 0.143. The van der Waals surface area contributed by atoms with E-state index in [9.17, 15) is 16.8 Å². The van der Waals surface area contributed by atoms with E-state index >= 15 is 0 Å². The highest BCUT2D eigenvalue weighted by Crippen LogP contribution is 2.24. The minimum Gasteiger partial charge on any atom is -0.219 e. The van der Waals surface area contributed by atoms with Crippen molar-refractivity contribution >= 4 is 29.6 Å². The summed E-state index contributed by atoms with van der Waals surface area (Å²) in [7, 11) is -1.89. The van der Waals surface area contributed by atoms with Gasteiger partial charge in [-0.1, -0.05) is 89.5 Å². The molecular formula is C28H29ClO4S2. The summed E-state index contributed by atoms with van der Waals surface area (Å²) in [6.45, 7) is 7.98.